The lowest BCUT2D eigenvalue weighted by molar-refractivity contribution is -0.119. The number of carbonyl (C=O) groups is 1. The second-order valence-corrected chi connectivity index (χ2v) is 5.32. The number of aromatic amines is 1. The molecule has 1 aliphatic heterocycles. The molecule has 7 heteroatoms. The van der Waals surface area contributed by atoms with Crippen LogP contribution in [0.2, 0.25) is 0 Å². The number of aromatic nitrogens is 2. The summed E-state index contributed by atoms with van der Waals surface area (Å²) in [7, 11) is 0. The van der Waals surface area contributed by atoms with Crippen molar-refractivity contribution in [3.8, 4) is 0 Å². The van der Waals surface area contributed by atoms with E-state index in [1.807, 2.05) is 0 Å². The standard InChI is InChI=1S/C15H16FN3O3/c16-11-7-12-10(15(21)18-8-17-12)6-13(11)19-14(20)5-9-3-1-2-4-22-9/h6-9H,1-5H2,(H,19,20)(H,17,18,21)/t9-/m1/s1. The van der Waals surface area contributed by atoms with E-state index in [0.717, 1.165) is 25.3 Å². The smallest absolute Gasteiger partial charge is 0.258 e. The van der Waals surface area contributed by atoms with Gasteiger partial charge in [-0.1, -0.05) is 0 Å². The molecule has 0 spiro atoms. The van der Waals surface area contributed by atoms with Crippen LogP contribution >= 0.6 is 0 Å². The number of amides is 1. The van der Waals surface area contributed by atoms with E-state index in [1.165, 1.54) is 12.4 Å². The first-order valence-corrected chi connectivity index (χ1v) is 7.22. The fourth-order valence-corrected chi connectivity index (χ4v) is 2.56. The number of benzene rings is 1. The number of nitrogens with one attached hydrogen (secondary N) is 2. The number of carbonyl (C=O) groups excluding carboxylic acids is 1. The van der Waals surface area contributed by atoms with Gasteiger partial charge in [0.25, 0.3) is 5.56 Å². The van der Waals surface area contributed by atoms with Gasteiger partial charge in [-0.25, -0.2) is 9.37 Å². The Morgan fingerprint density at radius 3 is 3.09 bits per heavy atom. The number of nitrogens with zero attached hydrogens (tertiary/aromatic N) is 1. The van der Waals surface area contributed by atoms with Crippen LogP contribution in [0.1, 0.15) is 25.7 Å². The highest BCUT2D eigenvalue weighted by molar-refractivity contribution is 5.93. The maximum atomic E-state index is 14.0. The molecule has 6 nitrogen and oxygen atoms in total. The minimum absolute atomic E-state index is 0.0215. The fraction of sp³-hybridized carbons (Fsp3) is 0.400. The van der Waals surface area contributed by atoms with E-state index in [0.29, 0.717) is 6.61 Å². The molecule has 1 aromatic heterocycles. The van der Waals surface area contributed by atoms with Crippen LogP contribution in [0.5, 0.6) is 0 Å². The van der Waals surface area contributed by atoms with Gasteiger partial charge >= 0.3 is 0 Å². The molecule has 1 fully saturated rings. The third-order valence-corrected chi connectivity index (χ3v) is 3.69. The van der Waals surface area contributed by atoms with Crippen molar-refractivity contribution in [2.24, 2.45) is 0 Å². The number of halogens is 1. The number of fused-ring (bicyclic) bond motifs is 1. The summed E-state index contributed by atoms with van der Waals surface area (Å²) >= 11 is 0. The molecule has 1 atom stereocenters. The topological polar surface area (TPSA) is 84.1 Å². The molecule has 0 unspecified atom stereocenters. The van der Waals surface area contributed by atoms with Crippen molar-refractivity contribution in [2.75, 3.05) is 11.9 Å². The number of hydrogen-bond donors (Lipinski definition) is 2. The van der Waals surface area contributed by atoms with E-state index in [-0.39, 0.29) is 40.6 Å². The highest BCUT2D eigenvalue weighted by Gasteiger charge is 2.19. The Labute approximate surface area is 125 Å². The molecule has 2 heterocycles. The molecule has 116 valence electrons. The molecule has 0 aliphatic carbocycles. The first-order chi connectivity index (χ1) is 10.6. The minimum atomic E-state index is -0.622. The van der Waals surface area contributed by atoms with Gasteiger partial charge in [-0.05, 0) is 25.3 Å². The first-order valence-electron chi connectivity index (χ1n) is 7.22. The molecule has 0 bridgehead atoms. The zero-order chi connectivity index (χ0) is 15.5. The highest BCUT2D eigenvalue weighted by Crippen LogP contribution is 2.21. The molecular weight excluding hydrogens is 289 g/mol. The van der Waals surface area contributed by atoms with E-state index >= 15 is 0 Å². The predicted molar refractivity (Wildman–Crippen MR) is 79.2 cm³/mol. The van der Waals surface area contributed by atoms with Crippen LogP contribution in [0.15, 0.2) is 23.3 Å². The van der Waals surface area contributed by atoms with Crippen LogP contribution in [0.4, 0.5) is 10.1 Å². The van der Waals surface area contributed by atoms with E-state index < -0.39 is 5.82 Å². The zero-order valence-corrected chi connectivity index (χ0v) is 11.9. The Hall–Kier alpha value is -2.28. The lowest BCUT2D eigenvalue weighted by Gasteiger charge is -2.22. The number of ether oxygens (including phenoxy) is 1. The summed E-state index contributed by atoms with van der Waals surface area (Å²) in [6.45, 7) is 0.656. The molecule has 2 N–H and O–H groups in total. The van der Waals surface area contributed by atoms with Crippen LogP contribution in [0.3, 0.4) is 0 Å². The fourth-order valence-electron chi connectivity index (χ4n) is 2.56. The third-order valence-electron chi connectivity index (χ3n) is 3.69. The second-order valence-electron chi connectivity index (χ2n) is 5.32. The predicted octanol–water partition coefficient (Wildman–Crippen LogP) is 1.96. The van der Waals surface area contributed by atoms with Crippen molar-refractivity contribution in [3.63, 3.8) is 0 Å². The summed E-state index contributed by atoms with van der Waals surface area (Å²) < 4.78 is 19.5. The maximum absolute atomic E-state index is 14.0. The zero-order valence-electron chi connectivity index (χ0n) is 11.9. The molecule has 0 radical (unpaired) electrons. The van der Waals surface area contributed by atoms with Gasteiger partial charge in [0.15, 0.2) is 0 Å². The van der Waals surface area contributed by atoms with Gasteiger partial charge in [0.2, 0.25) is 5.91 Å². The quantitative estimate of drug-likeness (QED) is 0.908. The van der Waals surface area contributed by atoms with Crippen LogP contribution < -0.4 is 10.9 Å². The lowest BCUT2D eigenvalue weighted by atomic mass is 10.1. The van der Waals surface area contributed by atoms with Crippen molar-refractivity contribution in [1.29, 1.82) is 0 Å². The average Bonchev–Trinajstić information content (AvgIpc) is 2.50. The number of rotatable bonds is 3. The monoisotopic (exact) mass is 305 g/mol. The molecule has 1 aromatic carbocycles. The molecule has 1 amide bonds. The summed E-state index contributed by atoms with van der Waals surface area (Å²) in [5, 5.41) is 2.73. The van der Waals surface area contributed by atoms with Crippen LogP contribution in [-0.2, 0) is 9.53 Å². The molecule has 22 heavy (non-hydrogen) atoms. The molecule has 1 saturated heterocycles. The van der Waals surface area contributed by atoms with Crippen molar-refractivity contribution in [2.45, 2.75) is 31.8 Å². The van der Waals surface area contributed by atoms with E-state index in [9.17, 15) is 14.0 Å². The van der Waals surface area contributed by atoms with Gasteiger partial charge < -0.3 is 15.0 Å². The summed E-state index contributed by atoms with van der Waals surface area (Å²) in [5.74, 6) is -0.950. The van der Waals surface area contributed by atoms with Gasteiger partial charge in [0.05, 0.1) is 35.4 Å². The number of hydrogen-bond acceptors (Lipinski definition) is 4. The van der Waals surface area contributed by atoms with Crippen LogP contribution in [0, 0.1) is 5.82 Å². The van der Waals surface area contributed by atoms with Gasteiger partial charge in [-0.2, -0.15) is 0 Å². The number of anilines is 1. The Bertz CT molecular complexity index is 753. The molecule has 2 aromatic rings. The Kier molecular flexibility index (Phi) is 4.15. The van der Waals surface area contributed by atoms with Crippen molar-refractivity contribution < 1.29 is 13.9 Å². The highest BCUT2D eigenvalue weighted by atomic mass is 19.1. The number of H-pyrrole nitrogens is 1. The SMILES string of the molecule is O=C(C[C@H]1CCCCO1)Nc1cc2c(=O)[nH]cnc2cc1F. The molecular formula is C15H16FN3O3. The Morgan fingerprint density at radius 2 is 2.32 bits per heavy atom. The van der Waals surface area contributed by atoms with E-state index in [2.05, 4.69) is 15.3 Å². The van der Waals surface area contributed by atoms with Crippen molar-refractivity contribution in [1.82, 2.24) is 9.97 Å². The minimum Gasteiger partial charge on any atom is -0.378 e. The van der Waals surface area contributed by atoms with Gasteiger partial charge in [0, 0.05) is 12.7 Å². The summed E-state index contributed by atoms with van der Waals surface area (Å²) in [6.07, 6.45) is 4.14. The van der Waals surface area contributed by atoms with E-state index in [1.54, 1.807) is 0 Å². The summed E-state index contributed by atoms with van der Waals surface area (Å²) in [4.78, 5) is 30.0. The normalized spacial score (nSPS) is 18.3. The summed E-state index contributed by atoms with van der Waals surface area (Å²) in [6, 6.07) is 2.44. The average molecular weight is 305 g/mol. The summed E-state index contributed by atoms with van der Waals surface area (Å²) in [5.41, 5.74) is -0.155. The van der Waals surface area contributed by atoms with E-state index in [4.69, 9.17) is 4.74 Å². The molecule has 1 aliphatic rings. The molecule has 0 saturated carbocycles. The van der Waals surface area contributed by atoms with Gasteiger partial charge in [-0.3, -0.25) is 9.59 Å². The molecule has 3 rings (SSSR count). The lowest BCUT2D eigenvalue weighted by Crippen LogP contribution is -2.26. The van der Waals surface area contributed by atoms with Crippen LogP contribution in [0.25, 0.3) is 10.9 Å². The van der Waals surface area contributed by atoms with Crippen LogP contribution in [-0.4, -0.2) is 28.6 Å². The van der Waals surface area contributed by atoms with Gasteiger partial charge in [0.1, 0.15) is 5.82 Å². The van der Waals surface area contributed by atoms with Crippen molar-refractivity contribution in [3.05, 3.63) is 34.6 Å². The maximum Gasteiger partial charge on any atom is 0.258 e. The third kappa shape index (κ3) is 3.14. The van der Waals surface area contributed by atoms with Gasteiger partial charge in [-0.15, -0.1) is 0 Å². The van der Waals surface area contributed by atoms with Crippen molar-refractivity contribution >= 4 is 22.5 Å². The second kappa shape index (κ2) is 6.23. The largest absolute Gasteiger partial charge is 0.378 e. The Balaban J connectivity index is 1.78. The first kappa shape index (κ1) is 14.6. The Morgan fingerprint density at radius 1 is 1.45 bits per heavy atom.